The first-order chi connectivity index (χ1) is 18.7. The van der Waals surface area contributed by atoms with Crippen molar-refractivity contribution in [1.29, 1.82) is 0 Å². The van der Waals surface area contributed by atoms with E-state index in [0.717, 1.165) is 19.3 Å². The molecule has 0 radical (unpaired) electrons. The molecule has 1 saturated heterocycles. The van der Waals surface area contributed by atoms with Gasteiger partial charge in [-0.3, -0.25) is 4.98 Å². The lowest BCUT2D eigenvalue weighted by Crippen LogP contribution is -2.40. The zero-order chi connectivity index (χ0) is 27.8. The number of hydrogen-bond acceptors (Lipinski definition) is 6. The SMILES string of the molecule is CC(C)c1nccc(CCO)c1-n1c(=O)nc(N2CCCC[C@@H]2C)c2cc(F)c(-c3c(F)cccc3Cl)nc21. The summed E-state index contributed by atoms with van der Waals surface area (Å²) in [4.78, 5) is 29.5. The van der Waals surface area contributed by atoms with Gasteiger partial charge in [0.15, 0.2) is 11.5 Å². The van der Waals surface area contributed by atoms with Gasteiger partial charge in [0.05, 0.1) is 27.4 Å². The first-order valence-corrected chi connectivity index (χ1v) is 13.5. The molecule has 1 atom stereocenters. The van der Waals surface area contributed by atoms with Crippen LogP contribution in [0.1, 0.15) is 57.2 Å². The van der Waals surface area contributed by atoms with Crippen molar-refractivity contribution >= 4 is 28.5 Å². The van der Waals surface area contributed by atoms with Gasteiger partial charge in [-0.25, -0.2) is 23.1 Å². The Hall–Kier alpha value is -3.43. The fourth-order valence-corrected chi connectivity index (χ4v) is 5.61. The average molecular weight is 554 g/mol. The summed E-state index contributed by atoms with van der Waals surface area (Å²) in [6.07, 6.45) is 4.75. The van der Waals surface area contributed by atoms with Crippen LogP contribution in [0.15, 0.2) is 41.3 Å². The maximum absolute atomic E-state index is 15.8. The predicted molar refractivity (Wildman–Crippen MR) is 149 cm³/mol. The van der Waals surface area contributed by atoms with E-state index >= 15 is 4.39 Å². The quantitative estimate of drug-likeness (QED) is 0.324. The van der Waals surface area contributed by atoms with Gasteiger partial charge in [-0.2, -0.15) is 4.98 Å². The predicted octanol–water partition coefficient (Wildman–Crippen LogP) is 5.81. The molecule has 1 N–H and O–H groups in total. The number of nitrogens with zero attached hydrogens (tertiary/aromatic N) is 5. The van der Waals surface area contributed by atoms with Crippen molar-refractivity contribution in [3.8, 4) is 16.9 Å². The van der Waals surface area contributed by atoms with E-state index in [1.165, 1.54) is 28.8 Å². The molecule has 204 valence electrons. The second-order valence-corrected chi connectivity index (χ2v) is 10.6. The van der Waals surface area contributed by atoms with E-state index in [0.29, 0.717) is 34.7 Å². The number of aliphatic hydroxyl groups excluding tert-OH is 1. The molecule has 0 saturated carbocycles. The molecule has 1 aliphatic rings. The molecule has 0 amide bonds. The summed E-state index contributed by atoms with van der Waals surface area (Å²) in [5, 5.41) is 10.1. The molecule has 1 aromatic carbocycles. The molecule has 5 rings (SSSR count). The summed E-state index contributed by atoms with van der Waals surface area (Å²) in [6, 6.07) is 7.16. The Labute approximate surface area is 230 Å². The van der Waals surface area contributed by atoms with Crippen molar-refractivity contribution in [2.24, 2.45) is 0 Å². The summed E-state index contributed by atoms with van der Waals surface area (Å²) in [5.41, 5.74) is 0.710. The normalized spacial score (nSPS) is 15.9. The summed E-state index contributed by atoms with van der Waals surface area (Å²) in [5.74, 6) is -1.26. The first kappa shape index (κ1) is 27.1. The van der Waals surface area contributed by atoms with Gasteiger partial charge in [-0.1, -0.05) is 31.5 Å². The molecule has 10 heteroatoms. The fraction of sp³-hybridized carbons (Fsp3) is 0.379. The van der Waals surface area contributed by atoms with Gasteiger partial charge in [0.2, 0.25) is 0 Å². The van der Waals surface area contributed by atoms with Crippen molar-refractivity contribution in [2.75, 3.05) is 18.1 Å². The number of anilines is 1. The third-order valence-corrected chi connectivity index (χ3v) is 7.58. The van der Waals surface area contributed by atoms with Gasteiger partial charge in [0, 0.05) is 25.4 Å². The highest BCUT2D eigenvalue weighted by Crippen LogP contribution is 2.36. The molecular weight excluding hydrogens is 524 g/mol. The Morgan fingerprint density at radius 3 is 2.64 bits per heavy atom. The van der Waals surface area contributed by atoms with Crippen LogP contribution in [0.5, 0.6) is 0 Å². The molecule has 4 heterocycles. The molecule has 4 aromatic rings. The van der Waals surface area contributed by atoms with Crippen LogP contribution in [0.4, 0.5) is 14.6 Å². The van der Waals surface area contributed by atoms with Crippen molar-refractivity contribution in [2.45, 2.75) is 58.4 Å². The minimum Gasteiger partial charge on any atom is -0.396 e. The van der Waals surface area contributed by atoms with E-state index in [1.54, 1.807) is 12.3 Å². The molecule has 0 spiro atoms. The molecule has 0 unspecified atom stereocenters. The largest absolute Gasteiger partial charge is 0.396 e. The summed E-state index contributed by atoms with van der Waals surface area (Å²) in [6.45, 7) is 6.44. The van der Waals surface area contributed by atoms with Gasteiger partial charge in [0.25, 0.3) is 0 Å². The van der Waals surface area contributed by atoms with Gasteiger partial charge < -0.3 is 10.0 Å². The van der Waals surface area contributed by atoms with Crippen molar-refractivity contribution in [1.82, 2.24) is 19.5 Å². The van der Waals surface area contributed by atoms with Crippen LogP contribution < -0.4 is 10.6 Å². The molecule has 7 nitrogen and oxygen atoms in total. The highest BCUT2D eigenvalue weighted by Gasteiger charge is 2.28. The molecule has 1 fully saturated rings. The van der Waals surface area contributed by atoms with E-state index in [2.05, 4.69) is 15.0 Å². The zero-order valence-corrected chi connectivity index (χ0v) is 22.8. The molecular formula is C29H30ClF2N5O2. The Bertz CT molecular complexity index is 1590. The minimum atomic E-state index is -0.779. The lowest BCUT2D eigenvalue weighted by atomic mass is 10.0. The summed E-state index contributed by atoms with van der Waals surface area (Å²) >= 11 is 6.31. The van der Waals surface area contributed by atoms with Gasteiger partial charge in [-0.05, 0) is 68.4 Å². The number of piperidine rings is 1. The first-order valence-electron chi connectivity index (χ1n) is 13.2. The zero-order valence-electron chi connectivity index (χ0n) is 22.1. The second kappa shape index (κ2) is 11.0. The number of rotatable bonds is 6. The number of fused-ring (bicyclic) bond motifs is 1. The number of benzene rings is 1. The van der Waals surface area contributed by atoms with Crippen LogP contribution in [0.3, 0.4) is 0 Å². The van der Waals surface area contributed by atoms with Crippen LogP contribution in [0.25, 0.3) is 28.0 Å². The van der Waals surface area contributed by atoms with E-state index in [1.807, 2.05) is 25.7 Å². The Balaban J connectivity index is 1.93. The van der Waals surface area contributed by atoms with Crippen LogP contribution in [0, 0.1) is 11.6 Å². The molecule has 39 heavy (non-hydrogen) atoms. The van der Waals surface area contributed by atoms with Crippen LogP contribution in [-0.2, 0) is 6.42 Å². The smallest absolute Gasteiger partial charge is 0.355 e. The number of aromatic nitrogens is 4. The van der Waals surface area contributed by atoms with Crippen LogP contribution in [-0.4, -0.2) is 43.8 Å². The number of hydrogen-bond donors (Lipinski definition) is 1. The Morgan fingerprint density at radius 1 is 1.15 bits per heavy atom. The topological polar surface area (TPSA) is 84.1 Å². The number of aliphatic hydroxyl groups is 1. The van der Waals surface area contributed by atoms with Crippen molar-refractivity contribution < 1.29 is 13.9 Å². The van der Waals surface area contributed by atoms with Gasteiger partial charge >= 0.3 is 5.69 Å². The lowest BCUT2D eigenvalue weighted by Gasteiger charge is -2.35. The maximum atomic E-state index is 15.8. The van der Waals surface area contributed by atoms with E-state index < -0.39 is 17.3 Å². The maximum Gasteiger partial charge on any atom is 0.355 e. The Morgan fingerprint density at radius 2 is 1.95 bits per heavy atom. The molecule has 3 aromatic heterocycles. The minimum absolute atomic E-state index is 0.00111. The Kier molecular flexibility index (Phi) is 7.64. The van der Waals surface area contributed by atoms with Crippen LogP contribution in [0.2, 0.25) is 5.02 Å². The second-order valence-electron chi connectivity index (χ2n) is 10.2. The van der Waals surface area contributed by atoms with Crippen LogP contribution >= 0.6 is 11.6 Å². The highest BCUT2D eigenvalue weighted by molar-refractivity contribution is 6.33. The van der Waals surface area contributed by atoms with E-state index in [-0.39, 0.29) is 46.9 Å². The molecule has 0 bridgehead atoms. The molecule has 0 aliphatic carbocycles. The third kappa shape index (κ3) is 4.89. The summed E-state index contributed by atoms with van der Waals surface area (Å²) in [7, 11) is 0. The standard InChI is InChI=1S/C29H30ClF2N5O2/c1-16(2)24-26(18(11-14-38)10-12-33-24)37-28-19(27(35-29(37)39)36-13-5-4-7-17(36)3)15-22(32)25(34-28)23-20(30)8-6-9-21(23)31/h6,8-10,12,15-17,38H,4-5,7,11,13-14H2,1-3H3/t17-/m0/s1. The molecule has 1 aliphatic heterocycles. The fourth-order valence-electron chi connectivity index (χ4n) is 5.35. The van der Waals surface area contributed by atoms with E-state index in [9.17, 15) is 14.3 Å². The number of pyridine rings is 2. The van der Waals surface area contributed by atoms with Crippen molar-refractivity contribution in [3.63, 3.8) is 0 Å². The van der Waals surface area contributed by atoms with Gasteiger partial charge in [0.1, 0.15) is 17.3 Å². The van der Waals surface area contributed by atoms with E-state index in [4.69, 9.17) is 11.6 Å². The van der Waals surface area contributed by atoms with Gasteiger partial charge in [-0.15, -0.1) is 0 Å². The third-order valence-electron chi connectivity index (χ3n) is 7.26. The lowest BCUT2D eigenvalue weighted by molar-refractivity contribution is 0.299. The summed E-state index contributed by atoms with van der Waals surface area (Å²) < 4.78 is 32.1. The average Bonchev–Trinajstić information content (AvgIpc) is 2.89. The number of halogens is 3. The van der Waals surface area contributed by atoms with Crippen molar-refractivity contribution in [3.05, 3.63) is 74.9 Å². The monoisotopic (exact) mass is 553 g/mol. The highest BCUT2D eigenvalue weighted by atomic mass is 35.5.